The van der Waals surface area contributed by atoms with Gasteiger partial charge in [-0.25, -0.2) is 4.79 Å². The highest BCUT2D eigenvalue weighted by Crippen LogP contribution is 2.12. The third-order valence-electron chi connectivity index (χ3n) is 2.63. The number of nitrogens with one attached hydrogen (secondary N) is 2. The molecule has 0 saturated carbocycles. The summed E-state index contributed by atoms with van der Waals surface area (Å²) in [5, 5.41) is 5.00. The predicted octanol–water partition coefficient (Wildman–Crippen LogP) is 0.883. The minimum absolute atomic E-state index is 0.00288. The van der Waals surface area contributed by atoms with Crippen molar-refractivity contribution in [2.75, 3.05) is 19.8 Å². The third-order valence-corrected chi connectivity index (χ3v) is 2.63. The summed E-state index contributed by atoms with van der Waals surface area (Å²) in [6.07, 6.45) is 0. The average Bonchev–Trinajstić information content (AvgIpc) is 2.51. The molecule has 0 unspecified atom stereocenters. The lowest BCUT2D eigenvalue weighted by molar-refractivity contribution is -0.128. The van der Waals surface area contributed by atoms with Gasteiger partial charge in [-0.3, -0.25) is 9.59 Å². The van der Waals surface area contributed by atoms with Gasteiger partial charge in [-0.2, -0.15) is 0 Å². The summed E-state index contributed by atoms with van der Waals surface area (Å²) < 4.78 is 10.1. The molecule has 0 heterocycles. The van der Waals surface area contributed by atoms with Gasteiger partial charge in [0, 0.05) is 6.04 Å². The molecule has 0 aliphatic heterocycles. The molecule has 0 aliphatic carbocycles. The van der Waals surface area contributed by atoms with Crippen molar-refractivity contribution in [3.63, 3.8) is 0 Å². The first-order valence-electron chi connectivity index (χ1n) is 7.38. The lowest BCUT2D eigenvalue weighted by Gasteiger charge is -2.09. The van der Waals surface area contributed by atoms with Crippen LogP contribution in [-0.2, 0) is 14.3 Å². The van der Waals surface area contributed by atoms with Crippen LogP contribution in [0.4, 0.5) is 0 Å². The normalized spacial score (nSPS) is 10.1. The van der Waals surface area contributed by atoms with Gasteiger partial charge >= 0.3 is 5.97 Å². The van der Waals surface area contributed by atoms with E-state index in [2.05, 4.69) is 10.6 Å². The van der Waals surface area contributed by atoms with Crippen molar-refractivity contribution >= 4 is 17.8 Å². The third kappa shape index (κ3) is 7.30. The van der Waals surface area contributed by atoms with Crippen LogP contribution in [-0.4, -0.2) is 43.6 Å². The van der Waals surface area contributed by atoms with E-state index in [1.807, 2.05) is 20.8 Å². The Balaban J connectivity index is 2.34. The van der Waals surface area contributed by atoms with Crippen LogP contribution in [0.25, 0.3) is 0 Å². The van der Waals surface area contributed by atoms with E-state index in [1.165, 1.54) is 0 Å². The molecule has 2 amide bonds. The summed E-state index contributed by atoms with van der Waals surface area (Å²) >= 11 is 0. The average molecular weight is 322 g/mol. The van der Waals surface area contributed by atoms with Gasteiger partial charge in [0.15, 0.2) is 6.61 Å². The molecule has 0 radical (unpaired) electrons. The number of hydrogen-bond acceptors (Lipinski definition) is 5. The van der Waals surface area contributed by atoms with E-state index in [4.69, 9.17) is 9.47 Å². The topological polar surface area (TPSA) is 93.7 Å². The van der Waals surface area contributed by atoms with E-state index in [1.54, 1.807) is 24.3 Å². The second-order valence-electron chi connectivity index (χ2n) is 5.03. The maximum absolute atomic E-state index is 11.8. The van der Waals surface area contributed by atoms with Crippen LogP contribution >= 0.6 is 0 Å². The second kappa shape index (κ2) is 9.45. The first-order chi connectivity index (χ1) is 10.9. The molecule has 7 heteroatoms. The fourth-order valence-corrected chi connectivity index (χ4v) is 1.67. The lowest BCUT2D eigenvalue weighted by atomic mass is 10.2. The predicted molar refractivity (Wildman–Crippen MR) is 84.2 cm³/mol. The van der Waals surface area contributed by atoms with Crippen LogP contribution in [0.3, 0.4) is 0 Å². The Labute approximate surface area is 135 Å². The van der Waals surface area contributed by atoms with Gasteiger partial charge in [-0.1, -0.05) is 0 Å². The van der Waals surface area contributed by atoms with Crippen LogP contribution in [0.5, 0.6) is 5.75 Å². The SMILES string of the molecule is CCOc1ccc(C(=O)OCC(=O)NCC(=O)NC(C)C)cc1. The molecule has 23 heavy (non-hydrogen) atoms. The smallest absolute Gasteiger partial charge is 0.338 e. The van der Waals surface area contributed by atoms with Crippen molar-refractivity contribution < 1.29 is 23.9 Å². The summed E-state index contributed by atoms with van der Waals surface area (Å²) in [7, 11) is 0. The Hall–Kier alpha value is -2.57. The van der Waals surface area contributed by atoms with Crippen LogP contribution < -0.4 is 15.4 Å². The van der Waals surface area contributed by atoms with Crippen molar-refractivity contribution in [3.05, 3.63) is 29.8 Å². The maximum atomic E-state index is 11.8. The molecule has 0 aliphatic rings. The maximum Gasteiger partial charge on any atom is 0.338 e. The van der Waals surface area contributed by atoms with Gasteiger partial charge in [-0.15, -0.1) is 0 Å². The first-order valence-corrected chi connectivity index (χ1v) is 7.38. The molecule has 0 spiro atoms. The van der Waals surface area contributed by atoms with E-state index in [9.17, 15) is 14.4 Å². The summed E-state index contributed by atoms with van der Waals surface area (Å²) in [6.45, 7) is 5.44. The molecule has 1 aromatic rings. The molecule has 7 nitrogen and oxygen atoms in total. The molecular formula is C16H22N2O5. The molecule has 0 saturated heterocycles. The van der Waals surface area contributed by atoms with Crippen molar-refractivity contribution in [2.24, 2.45) is 0 Å². The molecule has 2 N–H and O–H groups in total. The number of carbonyl (C=O) groups excluding carboxylic acids is 3. The molecule has 1 aromatic carbocycles. The van der Waals surface area contributed by atoms with Crippen molar-refractivity contribution in [1.29, 1.82) is 0 Å². The van der Waals surface area contributed by atoms with E-state index in [0.717, 1.165) is 0 Å². The highest BCUT2D eigenvalue weighted by molar-refractivity contribution is 5.92. The fraction of sp³-hybridized carbons (Fsp3) is 0.438. The summed E-state index contributed by atoms with van der Waals surface area (Å²) in [4.78, 5) is 34.7. The van der Waals surface area contributed by atoms with Crippen LogP contribution in [0.2, 0.25) is 0 Å². The molecule has 1 rings (SSSR count). The first kappa shape index (κ1) is 18.5. The second-order valence-corrected chi connectivity index (χ2v) is 5.03. The van der Waals surface area contributed by atoms with E-state index in [-0.39, 0.29) is 18.5 Å². The molecule has 0 aromatic heterocycles. The summed E-state index contributed by atoms with van der Waals surface area (Å²) in [5.74, 6) is -0.804. The Kier molecular flexibility index (Phi) is 7.59. The number of benzene rings is 1. The highest BCUT2D eigenvalue weighted by atomic mass is 16.5. The van der Waals surface area contributed by atoms with Gasteiger partial charge < -0.3 is 20.1 Å². The Morgan fingerprint density at radius 3 is 2.30 bits per heavy atom. The van der Waals surface area contributed by atoms with Crippen LogP contribution in [0.1, 0.15) is 31.1 Å². The number of carbonyl (C=O) groups is 3. The van der Waals surface area contributed by atoms with Gasteiger partial charge in [0.05, 0.1) is 18.7 Å². The standard InChI is InChI=1S/C16H22N2O5/c1-4-22-13-7-5-12(6-8-13)16(21)23-10-15(20)17-9-14(19)18-11(2)3/h5-8,11H,4,9-10H2,1-3H3,(H,17,20)(H,18,19). The van der Waals surface area contributed by atoms with E-state index >= 15 is 0 Å². The van der Waals surface area contributed by atoms with Crippen molar-refractivity contribution in [1.82, 2.24) is 10.6 Å². The Morgan fingerprint density at radius 2 is 1.74 bits per heavy atom. The molecule has 0 bridgehead atoms. The highest BCUT2D eigenvalue weighted by Gasteiger charge is 2.11. The zero-order valence-corrected chi connectivity index (χ0v) is 13.5. The molecule has 0 atom stereocenters. The van der Waals surface area contributed by atoms with Gasteiger partial charge in [0.2, 0.25) is 5.91 Å². The number of rotatable bonds is 8. The molecular weight excluding hydrogens is 300 g/mol. The number of amides is 2. The monoisotopic (exact) mass is 322 g/mol. The van der Waals surface area contributed by atoms with Gasteiger partial charge in [0.25, 0.3) is 5.91 Å². The van der Waals surface area contributed by atoms with Crippen molar-refractivity contribution in [2.45, 2.75) is 26.8 Å². The zero-order chi connectivity index (χ0) is 17.2. The minimum atomic E-state index is -0.616. The summed E-state index contributed by atoms with van der Waals surface area (Å²) in [5.41, 5.74) is 0.318. The zero-order valence-electron chi connectivity index (χ0n) is 13.5. The van der Waals surface area contributed by atoms with Crippen LogP contribution in [0, 0.1) is 0 Å². The van der Waals surface area contributed by atoms with Crippen molar-refractivity contribution in [3.8, 4) is 5.75 Å². The Bertz CT molecular complexity index is 540. The lowest BCUT2D eigenvalue weighted by Crippen LogP contribution is -2.41. The van der Waals surface area contributed by atoms with Gasteiger partial charge in [0.1, 0.15) is 5.75 Å². The quantitative estimate of drug-likeness (QED) is 0.693. The fourth-order valence-electron chi connectivity index (χ4n) is 1.67. The largest absolute Gasteiger partial charge is 0.494 e. The molecule has 0 fully saturated rings. The van der Waals surface area contributed by atoms with E-state index < -0.39 is 18.5 Å². The number of ether oxygens (including phenoxy) is 2. The van der Waals surface area contributed by atoms with E-state index in [0.29, 0.717) is 17.9 Å². The van der Waals surface area contributed by atoms with Gasteiger partial charge in [-0.05, 0) is 45.0 Å². The minimum Gasteiger partial charge on any atom is -0.494 e. The number of esters is 1. The summed E-state index contributed by atoms with van der Waals surface area (Å²) in [6, 6.07) is 6.41. The Morgan fingerprint density at radius 1 is 1.09 bits per heavy atom. The molecule has 126 valence electrons. The number of hydrogen-bond donors (Lipinski definition) is 2. The van der Waals surface area contributed by atoms with Crippen LogP contribution in [0.15, 0.2) is 24.3 Å².